The lowest BCUT2D eigenvalue weighted by Gasteiger charge is -2.32. The van der Waals surface area contributed by atoms with E-state index in [1.807, 2.05) is 0 Å². The van der Waals surface area contributed by atoms with Crippen LogP contribution in [-0.4, -0.2) is 62.8 Å². The van der Waals surface area contributed by atoms with E-state index in [1.165, 1.54) is 25.7 Å². The summed E-state index contributed by atoms with van der Waals surface area (Å²) in [5, 5.41) is 7.05. The maximum Gasteiger partial charge on any atom is 0.191 e. The van der Waals surface area contributed by atoms with Crippen molar-refractivity contribution in [1.82, 2.24) is 15.5 Å². The third-order valence-corrected chi connectivity index (χ3v) is 5.19. The van der Waals surface area contributed by atoms with Gasteiger partial charge in [0.2, 0.25) is 0 Å². The zero-order chi connectivity index (χ0) is 16.5. The molecule has 5 nitrogen and oxygen atoms in total. The average molecular weight is 325 g/mol. The second kappa shape index (κ2) is 10.1. The lowest BCUT2D eigenvalue weighted by Crippen LogP contribution is -2.45. The molecule has 0 aromatic rings. The van der Waals surface area contributed by atoms with Gasteiger partial charge in [-0.1, -0.05) is 13.8 Å². The monoisotopic (exact) mass is 324 g/mol. The topological polar surface area (TPSA) is 48.9 Å². The van der Waals surface area contributed by atoms with Gasteiger partial charge in [-0.05, 0) is 44.4 Å². The molecular weight excluding hydrogens is 288 g/mol. The summed E-state index contributed by atoms with van der Waals surface area (Å²) in [7, 11) is 0. The van der Waals surface area contributed by atoms with Crippen LogP contribution in [0.25, 0.3) is 0 Å². The molecule has 1 aliphatic heterocycles. The quantitative estimate of drug-likeness (QED) is 0.580. The molecule has 134 valence electrons. The minimum atomic E-state index is 0.589. The molecule has 0 aromatic heterocycles. The van der Waals surface area contributed by atoms with Gasteiger partial charge < -0.3 is 15.4 Å². The van der Waals surface area contributed by atoms with E-state index in [1.54, 1.807) is 0 Å². The van der Waals surface area contributed by atoms with E-state index in [0.717, 1.165) is 63.7 Å². The molecule has 0 bridgehead atoms. The van der Waals surface area contributed by atoms with Gasteiger partial charge in [0.1, 0.15) is 0 Å². The number of morpholine rings is 1. The molecule has 1 aliphatic carbocycles. The van der Waals surface area contributed by atoms with Crippen molar-refractivity contribution >= 4 is 5.96 Å². The van der Waals surface area contributed by atoms with Crippen LogP contribution in [0.15, 0.2) is 4.99 Å². The van der Waals surface area contributed by atoms with Gasteiger partial charge in [-0.25, -0.2) is 0 Å². The van der Waals surface area contributed by atoms with Crippen molar-refractivity contribution in [1.29, 1.82) is 0 Å². The van der Waals surface area contributed by atoms with Gasteiger partial charge in [0.25, 0.3) is 0 Å². The summed E-state index contributed by atoms with van der Waals surface area (Å²) in [6.45, 7) is 13.5. The van der Waals surface area contributed by atoms with Crippen LogP contribution < -0.4 is 10.6 Å². The average Bonchev–Trinajstić information content (AvgIpc) is 2.56. The summed E-state index contributed by atoms with van der Waals surface area (Å²) in [6, 6.07) is 0.589. The van der Waals surface area contributed by atoms with Crippen molar-refractivity contribution in [2.45, 2.75) is 52.5 Å². The molecule has 5 heteroatoms. The molecule has 1 saturated carbocycles. The maximum absolute atomic E-state index is 5.39. The van der Waals surface area contributed by atoms with E-state index in [9.17, 15) is 0 Å². The predicted octanol–water partition coefficient (Wildman–Crippen LogP) is 2.09. The van der Waals surface area contributed by atoms with E-state index < -0.39 is 0 Å². The van der Waals surface area contributed by atoms with Gasteiger partial charge in [-0.2, -0.15) is 0 Å². The third kappa shape index (κ3) is 6.68. The summed E-state index contributed by atoms with van der Waals surface area (Å²) in [5.74, 6) is 2.73. The molecule has 1 saturated heterocycles. The molecule has 2 rings (SSSR count). The van der Waals surface area contributed by atoms with Crippen molar-refractivity contribution < 1.29 is 4.74 Å². The summed E-state index contributed by atoms with van der Waals surface area (Å²) >= 11 is 0. The van der Waals surface area contributed by atoms with Crippen LogP contribution in [0.3, 0.4) is 0 Å². The molecular formula is C18H36N4O. The second-order valence-corrected chi connectivity index (χ2v) is 7.21. The summed E-state index contributed by atoms with van der Waals surface area (Å²) in [5.41, 5.74) is 0. The van der Waals surface area contributed by atoms with Gasteiger partial charge in [0.15, 0.2) is 5.96 Å². The Morgan fingerprint density at radius 2 is 1.87 bits per heavy atom. The number of aliphatic imine (C=N–C) groups is 1. The first-order chi connectivity index (χ1) is 11.2. The minimum Gasteiger partial charge on any atom is -0.379 e. The van der Waals surface area contributed by atoms with E-state index in [0.29, 0.717) is 6.04 Å². The zero-order valence-electron chi connectivity index (χ0n) is 15.3. The van der Waals surface area contributed by atoms with Crippen molar-refractivity contribution in [3.05, 3.63) is 0 Å². The molecule has 0 aromatic carbocycles. The molecule has 0 radical (unpaired) electrons. The zero-order valence-corrected chi connectivity index (χ0v) is 15.3. The Morgan fingerprint density at radius 1 is 1.17 bits per heavy atom. The highest BCUT2D eigenvalue weighted by Crippen LogP contribution is 2.29. The van der Waals surface area contributed by atoms with Gasteiger partial charge in [-0.15, -0.1) is 0 Å². The van der Waals surface area contributed by atoms with E-state index >= 15 is 0 Å². The van der Waals surface area contributed by atoms with Gasteiger partial charge in [0.05, 0.1) is 19.8 Å². The smallest absolute Gasteiger partial charge is 0.191 e. The lowest BCUT2D eigenvalue weighted by molar-refractivity contribution is 0.0394. The Hall–Kier alpha value is -0.810. The SMILES string of the molecule is CCNC(=NCCN1CCOCC1)NC1CCC(C(C)C)CC1. The van der Waals surface area contributed by atoms with Gasteiger partial charge in [-0.3, -0.25) is 9.89 Å². The highest BCUT2D eigenvalue weighted by molar-refractivity contribution is 5.80. The fourth-order valence-electron chi connectivity index (χ4n) is 3.57. The summed E-state index contributed by atoms with van der Waals surface area (Å²) in [4.78, 5) is 7.20. The Bertz CT molecular complexity index is 345. The summed E-state index contributed by atoms with van der Waals surface area (Å²) in [6.07, 6.45) is 5.25. The van der Waals surface area contributed by atoms with Crippen LogP contribution in [0.2, 0.25) is 0 Å². The molecule has 2 aliphatic rings. The molecule has 0 atom stereocenters. The number of rotatable bonds is 6. The highest BCUT2D eigenvalue weighted by atomic mass is 16.5. The minimum absolute atomic E-state index is 0.589. The fourth-order valence-corrected chi connectivity index (χ4v) is 3.57. The fraction of sp³-hybridized carbons (Fsp3) is 0.944. The number of nitrogens with one attached hydrogen (secondary N) is 2. The predicted molar refractivity (Wildman–Crippen MR) is 97.0 cm³/mol. The van der Waals surface area contributed by atoms with Crippen molar-refractivity contribution in [2.24, 2.45) is 16.8 Å². The number of hydrogen-bond acceptors (Lipinski definition) is 3. The van der Waals surface area contributed by atoms with E-state index in [4.69, 9.17) is 9.73 Å². The second-order valence-electron chi connectivity index (χ2n) is 7.21. The van der Waals surface area contributed by atoms with Crippen LogP contribution in [0.4, 0.5) is 0 Å². The molecule has 0 unspecified atom stereocenters. The van der Waals surface area contributed by atoms with Crippen LogP contribution in [0, 0.1) is 11.8 Å². The van der Waals surface area contributed by atoms with Crippen LogP contribution in [0.5, 0.6) is 0 Å². The number of guanidine groups is 1. The first-order valence-corrected chi connectivity index (χ1v) is 9.54. The normalized spacial score (nSPS) is 27.2. The Balaban J connectivity index is 1.73. The van der Waals surface area contributed by atoms with Crippen LogP contribution in [-0.2, 0) is 4.74 Å². The number of hydrogen-bond donors (Lipinski definition) is 2. The maximum atomic E-state index is 5.39. The molecule has 0 spiro atoms. The lowest BCUT2D eigenvalue weighted by atomic mass is 9.80. The van der Waals surface area contributed by atoms with Gasteiger partial charge in [0, 0.05) is 32.2 Å². The standard InChI is InChI=1S/C18H36N4O/c1-4-19-18(20-9-10-22-11-13-23-14-12-22)21-17-7-5-16(6-8-17)15(2)3/h15-17H,4-14H2,1-3H3,(H2,19,20,21). The molecule has 1 heterocycles. The van der Waals surface area contributed by atoms with Crippen LogP contribution in [0.1, 0.15) is 46.5 Å². The molecule has 0 amide bonds. The van der Waals surface area contributed by atoms with Crippen molar-refractivity contribution in [3.8, 4) is 0 Å². The largest absolute Gasteiger partial charge is 0.379 e. The molecule has 23 heavy (non-hydrogen) atoms. The Kier molecular flexibility index (Phi) is 8.17. The highest BCUT2D eigenvalue weighted by Gasteiger charge is 2.23. The van der Waals surface area contributed by atoms with E-state index in [-0.39, 0.29) is 0 Å². The Labute approximate surface area is 142 Å². The Morgan fingerprint density at radius 3 is 2.48 bits per heavy atom. The molecule has 2 N–H and O–H groups in total. The summed E-state index contributed by atoms with van der Waals surface area (Å²) < 4.78 is 5.39. The number of ether oxygens (including phenoxy) is 1. The first-order valence-electron chi connectivity index (χ1n) is 9.54. The third-order valence-electron chi connectivity index (χ3n) is 5.19. The van der Waals surface area contributed by atoms with Crippen molar-refractivity contribution in [2.75, 3.05) is 45.9 Å². The number of nitrogens with zero attached hydrogens (tertiary/aromatic N) is 2. The van der Waals surface area contributed by atoms with E-state index in [2.05, 4.69) is 36.3 Å². The molecule has 2 fully saturated rings. The first kappa shape index (κ1) is 18.5. The van der Waals surface area contributed by atoms with Crippen LogP contribution >= 0.6 is 0 Å². The van der Waals surface area contributed by atoms with Gasteiger partial charge >= 0.3 is 0 Å². The van der Waals surface area contributed by atoms with Crippen molar-refractivity contribution in [3.63, 3.8) is 0 Å².